The first-order valence-electron chi connectivity index (χ1n) is 5.43. The molecule has 0 spiro atoms. The largest absolute Gasteiger partial charge is 0.395 e. The van der Waals surface area contributed by atoms with Gasteiger partial charge in [-0.2, -0.15) is 0 Å². The summed E-state index contributed by atoms with van der Waals surface area (Å²) in [7, 11) is 0. The van der Waals surface area contributed by atoms with E-state index in [2.05, 4.69) is 29.2 Å². The van der Waals surface area contributed by atoms with Gasteiger partial charge < -0.3 is 10.5 Å². The Kier molecular flexibility index (Phi) is 5.18. The lowest BCUT2D eigenvalue weighted by molar-refractivity contribution is 0.159. The van der Waals surface area contributed by atoms with E-state index in [-0.39, 0.29) is 6.61 Å². The molecule has 0 saturated carbocycles. The fraction of sp³-hybridized carbons (Fsp3) is 0.545. The highest BCUT2D eigenvalue weighted by Crippen LogP contribution is 2.09. The van der Waals surface area contributed by atoms with Crippen molar-refractivity contribution in [1.29, 1.82) is 0 Å². The summed E-state index contributed by atoms with van der Waals surface area (Å²) >= 11 is 0. The van der Waals surface area contributed by atoms with Gasteiger partial charge in [-0.15, -0.1) is 0 Å². The van der Waals surface area contributed by atoms with E-state index >= 15 is 0 Å². The molecule has 0 fully saturated rings. The van der Waals surface area contributed by atoms with Crippen LogP contribution < -0.4 is 11.3 Å². The third kappa shape index (κ3) is 3.77. The molecule has 4 N–H and O–H groups in total. The van der Waals surface area contributed by atoms with E-state index in [9.17, 15) is 0 Å². The molecule has 16 heavy (non-hydrogen) atoms. The SMILES string of the molecule is CC(C)N(CCO)Cc1ccc(NN)nc1. The van der Waals surface area contributed by atoms with Crippen LogP contribution in [0.25, 0.3) is 0 Å². The topological polar surface area (TPSA) is 74.4 Å². The molecule has 5 heteroatoms. The van der Waals surface area contributed by atoms with Gasteiger partial charge in [0.25, 0.3) is 0 Å². The standard InChI is InChI=1S/C11H20N4O/c1-9(2)15(5-6-16)8-10-3-4-11(14-12)13-7-10/h3-4,7,9,16H,5-6,8,12H2,1-2H3,(H,13,14). The van der Waals surface area contributed by atoms with Gasteiger partial charge in [-0.3, -0.25) is 4.90 Å². The van der Waals surface area contributed by atoms with Crippen molar-refractivity contribution in [3.8, 4) is 0 Å². The summed E-state index contributed by atoms with van der Waals surface area (Å²) in [6.07, 6.45) is 1.79. The Hall–Kier alpha value is -1.17. The molecule has 0 unspecified atom stereocenters. The molecule has 0 aromatic carbocycles. The Morgan fingerprint density at radius 2 is 2.25 bits per heavy atom. The normalized spacial score (nSPS) is 11.1. The molecule has 0 amide bonds. The lowest BCUT2D eigenvalue weighted by Gasteiger charge is -2.25. The number of nitrogens with two attached hydrogens (primary N) is 1. The molecule has 0 atom stereocenters. The smallest absolute Gasteiger partial charge is 0.139 e. The highest BCUT2D eigenvalue weighted by molar-refractivity contribution is 5.33. The number of pyridine rings is 1. The van der Waals surface area contributed by atoms with Crippen LogP contribution in [-0.2, 0) is 6.54 Å². The first-order chi connectivity index (χ1) is 7.67. The summed E-state index contributed by atoms with van der Waals surface area (Å²) in [6, 6.07) is 4.22. The molecule has 0 aliphatic heterocycles. The number of hydrogen-bond donors (Lipinski definition) is 3. The third-order valence-corrected chi connectivity index (χ3v) is 2.48. The van der Waals surface area contributed by atoms with Gasteiger partial charge in [0.1, 0.15) is 5.82 Å². The van der Waals surface area contributed by atoms with Gasteiger partial charge in [-0.25, -0.2) is 10.8 Å². The van der Waals surface area contributed by atoms with Crippen molar-refractivity contribution in [2.45, 2.75) is 26.4 Å². The van der Waals surface area contributed by atoms with Gasteiger partial charge in [-0.1, -0.05) is 6.07 Å². The van der Waals surface area contributed by atoms with Crippen LogP contribution >= 0.6 is 0 Å². The Bertz CT molecular complexity index is 299. The monoisotopic (exact) mass is 224 g/mol. The fourth-order valence-corrected chi connectivity index (χ4v) is 1.49. The van der Waals surface area contributed by atoms with E-state index in [1.807, 2.05) is 12.1 Å². The van der Waals surface area contributed by atoms with E-state index in [0.717, 1.165) is 12.1 Å². The number of aliphatic hydroxyl groups is 1. The Morgan fingerprint density at radius 3 is 2.69 bits per heavy atom. The van der Waals surface area contributed by atoms with E-state index in [4.69, 9.17) is 10.9 Å². The maximum atomic E-state index is 8.96. The summed E-state index contributed by atoms with van der Waals surface area (Å²) in [5.74, 6) is 5.90. The lowest BCUT2D eigenvalue weighted by atomic mass is 10.2. The zero-order valence-electron chi connectivity index (χ0n) is 9.85. The molecule has 1 aromatic rings. The molecular formula is C11H20N4O. The van der Waals surface area contributed by atoms with E-state index in [0.29, 0.717) is 18.4 Å². The second-order valence-corrected chi connectivity index (χ2v) is 3.98. The Balaban J connectivity index is 2.62. The second kappa shape index (κ2) is 6.42. The van der Waals surface area contributed by atoms with Crippen LogP contribution in [0.5, 0.6) is 0 Å². The van der Waals surface area contributed by atoms with Crippen molar-refractivity contribution in [3.63, 3.8) is 0 Å². The molecule has 0 aliphatic rings. The number of anilines is 1. The average molecular weight is 224 g/mol. The quantitative estimate of drug-likeness (QED) is 0.486. The maximum Gasteiger partial charge on any atom is 0.139 e. The molecule has 90 valence electrons. The fourth-order valence-electron chi connectivity index (χ4n) is 1.49. The molecular weight excluding hydrogens is 204 g/mol. The highest BCUT2D eigenvalue weighted by Gasteiger charge is 2.09. The summed E-state index contributed by atoms with van der Waals surface area (Å²) in [5, 5.41) is 8.96. The van der Waals surface area contributed by atoms with Crippen molar-refractivity contribution in [2.24, 2.45) is 5.84 Å². The van der Waals surface area contributed by atoms with Crippen LogP contribution in [0.15, 0.2) is 18.3 Å². The molecule has 1 aromatic heterocycles. The third-order valence-electron chi connectivity index (χ3n) is 2.48. The number of nitrogens with zero attached hydrogens (tertiary/aromatic N) is 2. The van der Waals surface area contributed by atoms with E-state index in [1.165, 1.54) is 0 Å². The van der Waals surface area contributed by atoms with Gasteiger partial charge in [0.15, 0.2) is 0 Å². The van der Waals surface area contributed by atoms with Crippen molar-refractivity contribution >= 4 is 5.82 Å². The van der Waals surface area contributed by atoms with Crippen LogP contribution in [0, 0.1) is 0 Å². The zero-order chi connectivity index (χ0) is 12.0. The molecule has 5 nitrogen and oxygen atoms in total. The number of aromatic nitrogens is 1. The van der Waals surface area contributed by atoms with Gasteiger partial charge in [0.2, 0.25) is 0 Å². The molecule has 0 bridgehead atoms. The number of rotatable bonds is 6. The molecule has 0 saturated heterocycles. The average Bonchev–Trinajstić information content (AvgIpc) is 2.29. The number of hydrazine groups is 1. The minimum absolute atomic E-state index is 0.175. The zero-order valence-corrected chi connectivity index (χ0v) is 9.85. The number of aliphatic hydroxyl groups excluding tert-OH is 1. The Morgan fingerprint density at radius 1 is 1.50 bits per heavy atom. The number of nitrogen functional groups attached to an aromatic ring is 1. The number of hydrogen-bond acceptors (Lipinski definition) is 5. The molecule has 1 rings (SSSR count). The summed E-state index contributed by atoms with van der Waals surface area (Å²) in [5.41, 5.74) is 3.60. The van der Waals surface area contributed by atoms with Gasteiger partial charge in [-0.05, 0) is 25.5 Å². The highest BCUT2D eigenvalue weighted by atomic mass is 16.3. The minimum Gasteiger partial charge on any atom is -0.395 e. The van der Waals surface area contributed by atoms with Crippen molar-refractivity contribution in [2.75, 3.05) is 18.6 Å². The maximum absolute atomic E-state index is 8.96. The first kappa shape index (κ1) is 12.9. The molecule has 0 aliphatic carbocycles. The van der Waals surface area contributed by atoms with Crippen molar-refractivity contribution in [3.05, 3.63) is 23.9 Å². The first-order valence-corrected chi connectivity index (χ1v) is 5.43. The van der Waals surface area contributed by atoms with Crippen LogP contribution in [-0.4, -0.2) is 34.2 Å². The summed E-state index contributed by atoms with van der Waals surface area (Å²) in [4.78, 5) is 6.33. The predicted molar refractivity (Wildman–Crippen MR) is 64.7 cm³/mol. The summed E-state index contributed by atoms with van der Waals surface area (Å²) in [6.45, 7) is 5.86. The minimum atomic E-state index is 0.175. The van der Waals surface area contributed by atoms with Gasteiger partial charge in [0.05, 0.1) is 6.61 Å². The van der Waals surface area contributed by atoms with Crippen LogP contribution in [0.3, 0.4) is 0 Å². The van der Waals surface area contributed by atoms with Gasteiger partial charge >= 0.3 is 0 Å². The van der Waals surface area contributed by atoms with E-state index in [1.54, 1.807) is 6.20 Å². The van der Waals surface area contributed by atoms with E-state index < -0.39 is 0 Å². The van der Waals surface area contributed by atoms with Gasteiger partial charge in [0, 0.05) is 25.3 Å². The van der Waals surface area contributed by atoms with Crippen LogP contribution in [0.4, 0.5) is 5.82 Å². The second-order valence-electron chi connectivity index (χ2n) is 3.98. The van der Waals surface area contributed by atoms with Crippen LogP contribution in [0.1, 0.15) is 19.4 Å². The predicted octanol–water partition coefficient (Wildman–Crippen LogP) is 0.570. The Labute approximate surface area is 96.3 Å². The van der Waals surface area contributed by atoms with Crippen molar-refractivity contribution in [1.82, 2.24) is 9.88 Å². The molecule has 1 heterocycles. The summed E-state index contributed by atoms with van der Waals surface area (Å²) < 4.78 is 0. The molecule has 0 radical (unpaired) electrons. The van der Waals surface area contributed by atoms with Crippen molar-refractivity contribution < 1.29 is 5.11 Å². The number of nitrogens with one attached hydrogen (secondary N) is 1. The van der Waals surface area contributed by atoms with Crippen LogP contribution in [0.2, 0.25) is 0 Å². The lowest BCUT2D eigenvalue weighted by Crippen LogP contribution is -2.32.